The number of allylic oxidation sites excluding steroid dienone is 2. The Labute approximate surface area is 296 Å². The number of nitrogens with zero attached hydrogens (tertiary/aromatic N) is 2. The van der Waals surface area contributed by atoms with E-state index in [9.17, 15) is 32.3 Å². The van der Waals surface area contributed by atoms with E-state index in [2.05, 4.69) is 6.58 Å². The predicted molar refractivity (Wildman–Crippen MR) is 174 cm³/mol. The van der Waals surface area contributed by atoms with Crippen molar-refractivity contribution in [3.63, 3.8) is 0 Å². The Morgan fingerprint density at radius 1 is 0.824 bits per heavy atom. The number of hydrogen-bond donors (Lipinski definition) is 1. The molecule has 3 aromatic rings. The van der Waals surface area contributed by atoms with Gasteiger partial charge in [-0.25, -0.2) is 26.9 Å². The SMILES string of the molecule is C=Cc1ccc(N2C(=O)C3CC=C4C(CC5(Cl)C(=O)N(c6c(F)c(F)c(F)c(F)c6F)C(=O)C5(Cl)C4c4ccc(OCCO)cc4)C3C2=O)cc1. The molecule has 4 aliphatic rings. The molecule has 0 aromatic heterocycles. The molecule has 6 unspecified atom stereocenters. The predicted octanol–water partition coefficient (Wildman–Crippen LogP) is 6.16. The summed E-state index contributed by atoms with van der Waals surface area (Å²) in [5.74, 6) is -20.8. The quantitative estimate of drug-likeness (QED) is 0.0776. The van der Waals surface area contributed by atoms with Crippen LogP contribution in [0.4, 0.5) is 33.3 Å². The number of amides is 4. The van der Waals surface area contributed by atoms with E-state index in [0.29, 0.717) is 5.57 Å². The minimum atomic E-state index is -2.64. The highest BCUT2D eigenvalue weighted by Crippen LogP contribution is 2.66. The molecule has 264 valence electrons. The van der Waals surface area contributed by atoms with Crippen molar-refractivity contribution in [3.05, 3.63) is 107 Å². The average molecular weight is 748 g/mol. The van der Waals surface area contributed by atoms with Crippen molar-refractivity contribution in [2.45, 2.75) is 28.5 Å². The Morgan fingerprint density at radius 2 is 1.43 bits per heavy atom. The molecule has 2 heterocycles. The lowest BCUT2D eigenvalue weighted by Crippen LogP contribution is -2.60. The normalized spacial score (nSPS) is 28.4. The van der Waals surface area contributed by atoms with E-state index in [-0.39, 0.29) is 41.5 Å². The molecule has 15 heteroatoms. The number of halogens is 7. The van der Waals surface area contributed by atoms with Gasteiger partial charge < -0.3 is 9.84 Å². The number of carbonyl (C=O) groups excluding carboxylic acids is 4. The number of ether oxygens (including phenoxy) is 1. The largest absolute Gasteiger partial charge is 0.491 e. The van der Waals surface area contributed by atoms with Crippen LogP contribution in [-0.4, -0.2) is 51.7 Å². The number of fused-ring (bicyclic) bond motifs is 4. The number of aliphatic hydroxyl groups excluding tert-OH is 1. The standard InChI is InChI=1S/C36H25Cl2F5N2O6/c1-2-16-3-7-18(8-4-16)44-31(47)21-12-11-20-22(23(21)32(44)48)15-35(37)33(49)45(30-28(42)26(40)25(39)27(41)29(30)43)34(50)36(35,38)24(20)17-5-9-19(10-6-17)51-14-13-46/h2-11,21-24,46H,1,12-15H2. The van der Waals surface area contributed by atoms with Crippen LogP contribution in [0.1, 0.15) is 29.9 Å². The summed E-state index contributed by atoms with van der Waals surface area (Å²) in [6, 6.07) is 12.3. The fraction of sp³-hybridized carbons (Fsp3) is 0.278. The number of benzene rings is 3. The zero-order chi connectivity index (χ0) is 36.7. The molecule has 4 amide bonds. The molecule has 0 radical (unpaired) electrons. The van der Waals surface area contributed by atoms with Gasteiger partial charge in [-0.05, 0) is 54.2 Å². The molecule has 0 bridgehead atoms. The lowest BCUT2D eigenvalue weighted by atomic mass is 9.56. The molecule has 2 saturated heterocycles. The minimum absolute atomic E-state index is 0.00224. The molecule has 3 aromatic carbocycles. The summed E-state index contributed by atoms with van der Waals surface area (Å²) in [4.78, 5) is 52.2. The Morgan fingerprint density at radius 3 is 2.02 bits per heavy atom. The summed E-state index contributed by atoms with van der Waals surface area (Å²) in [6.07, 6.45) is 2.58. The lowest BCUT2D eigenvalue weighted by Gasteiger charge is -2.50. The summed E-state index contributed by atoms with van der Waals surface area (Å²) >= 11 is 14.3. The second kappa shape index (κ2) is 12.3. The van der Waals surface area contributed by atoms with Crippen LogP contribution >= 0.6 is 23.2 Å². The summed E-state index contributed by atoms with van der Waals surface area (Å²) in [6.45, 7) is 3.34. The third-order valence-corrected chi connectivity index (χ3v) is 11.6. The molecular formula is C36H25Cl2F5N2O6. The first-order chi connectivity index (χ1) is 24.2. The zero-order valence-corrected chi connectivity index (χ0v) is 27.7. The van der Waals surface area contributed by atoms with Gasteiger partial charge in [0.2, 0.25) is 17.6 Å². The number of rotatable bonds is 7. The van der Waals surface area contributed by atoms with E-state index in [1.54, 1.807) is 36.4 Å². The topological polar surface area (TPSA) is 104 Å². The van der Waals surface area contributed by atoms with Crippen molar-refractivity contribution in [2.24, 2.45) is 17.8 Å². The van der Waals surface area contributed by atoms with Gasteiger partial charge >= 0.3 is 0 Å². The van der Waals surface area contributed by atoms with Crippen molar-refractivity contribution < 1.29 is 51.0 Å². The van der Waals surface area contributed by atoms with Gasteiger partial charge in [0.1, 0.15) is 18.0 Å². The van der Waals surface area contributed by atoms with Crippen molar-refractivity contribution in [1.82, 2.24) is 0 Å². The Kier molecular flexibility index (Phi) is 8.39. The minimum Gasteiger partial charge on any atom is -0.491 e. The second-order valence-electron chi connectivity index (χ2n) is 12.6. The van der Waals surface area contributed by atoms with E-state index in [4.69, 9.17) is 33.0 Å². The maximum atomic E-state index is 15.2. The number of anilines is 2. The Hall–Kier alpha value is -4.59. The van der Waals surface area contributed by atoms with Crippen LogP contribution in [0.15, 0.2) is 66.8 Å². The number of imide groups is 2. The third kappa shape index (κ3) is 4.74. The first-order valence-corrected chi connectivity index (χ1v) is 16.4. The van der Waals surface area contributed by atoms with Crippen LogP contribution in [0.5, 0.6) is 5.75 Å². The van der Waals surface area contributed by atoms with Gasteiger partial charge in [0.25, 0.3) is 11.8 Å². The molecule has 2 aliphatic carbocycles. The van der Waals surface area contributed by atoms with Crippen LogP contribution in [-0.2, 0) is 19.2 Å². The van der Waals surface area contributed by atoms with Gasteiger partial charge in [0.15, 0.2) is 33.0 Å². The average Bonchev–Trinajstić information content (AvgIpc) is 3.47. The molecule has 0 spiro atoms. The lowest BCUT2D eigenvalue weighted by molar-refractivity contribution is -0.125. The molecular weight excluding hydrogens is 722 g/mol. The number of alkyl halides is 2. The fourth-order valence-electron chi connectivity index (χ4n) is 7.87. The van der Waals surface area contributed by atoms with Gasteiger partial charge in [0.05, 0.1) is 24.1 Å². The van der Waals surface area contributed by atoms with Gasteiger partial charge in [-0.15, -0.1) is 23.2 Å². The van der Waals surface area contributed by atoms with E-state index < -0.39 is 98.2 Å². The maximum absolute atomic E-state index is 15.2. The maximum Gasteiger partial charge on any atom is 0.258 e. The summed E-state index contributed by atoms with van der Waals surface area (Å²) in [5.41, 5.74) is -0.313. The Balaban J connectivity index is 1.39. The molecule has 8 nitrogen and oxygen atoms in total. The highest BCUT2D eigenvalue weighted by molar-refractivity contribution is 6.58. The molecule has 1 saturated carbocycles. The first kappa shape index (κ1) is 34.8. The van der Waals surface area contributed by atoms with Crippen molar-refractivity contribution in [1.29, 1.82) is 0 Å². The van der Waals surface area contributed by atoms with Crippen molar-refractivity contribution >= 4 is 64.3 Å². The van der Waals surface area contributed by atoms with E-state index in [0.717, 1.165) is 10.5 Å². The van der Waals surface area contributed by atoms with E-state index >= 15 is 8.78 Å². The van der Waals surface area contributed by atoms with Crippen LogP contribution < -0.4 is 14.5 Å². The van der Waals surface area contributed by atoms with E-state index in [1.165, 1.54) is 24.3 Å². The molecule has 51 heavy (non-hydrogen) atoms. The van der Waals surface area contributed by atoms with Crippen LogP contribution in [0.25, 0.3) is 6.08 Å². The van der Waals surface area contributed by atoms with Gasteiger partial charge in [0, 0.05) is 5.92 Å². The smallest absolute Gasteiger partial charge is 0.258 e. The van der Waals surface area contributed by atoms with Crippen LogP contribution in [0, 0.1) is 46.8 Å². The second-order valence-corrected chi connectivity index (χ2v) is 13.9. The molecule has 1 N–H and O–H groups in total. The zero-order valence-electron chi connectivity index (χ0n) is 26.1. The number of aliphatic hydroxyl groups is 1. The first-order valence-electron chi connectivity index (χ1n) is 15.6. The highest BCUT2D eigenvalue weighted by atomic mass is 35.5. The summed E-state index contributed by atoms with van der Waals surface area (Å²) in [7, 11) is 0. The number of hydrogen-bond acceptors (Lipinski definition) is 6. The number of carbonyl (C=O) groups is 4. The summed E-state index contributed by atoms with van der Waals surface area (Å²) in [5, 5.41) is 9.15. The fourth-order valence-corrected chi connectivity index (χ4v) is 8.81. The Bertz CT molecular complexity index is 2050. The van der Waals surface area contributed by atoms with Gasteiger partial charge in [-0.1, -0.05) is 48.6 Å². The van der Waals surface area contributed by atoms with E-state index in [1.807, 2.05) is 0 Å². The molecule has 6 atom stereocenters. The summed E-state index contributed by atoms with van der Waals surface area (Å²) < 4.78 is 78.8. The van der Waals surface area contributed by atoms with Gasteiger partial charge in [-0.2, -0.15) is 0 Å². The van der Waals surface area contributed by atoms with Crippen LogP contribution in [0.3, 0.4) is 0 Å². The molecule has 7 rings (SSSR count). The van der Waals surface area contributed by atoms with Crippen molar-refractivity contribution in [3.8, 4) is 5.75 Å². The van der Waals surface area contributed by atoms with Crippen LogP contribution in [0.2, 0.25) is 0 Å². The monoisotopic (exact) mass is 746 g/mol. The highest BCUT2D eigenvalue weighted by Gasteiger charge is 2.77. The van der Waals surface area contributed by atoms with Crippen molar-refractivity contribution in [2.75, 3.05) is 23.0 Å². The molecule has 3 fully saturated rings. The molecule has 2 aliphatic heterocycles. The third-order valence-electron chi connectivity index (χ3n) is 10.2. The van der Waals surface area contributed by atoms with Gasteiger partial charge in [-0.3, -0.25) is 24.1 Å².